The number of carbonyl (C=O) groups is 2. The molecular formula is C20H24N4O2. The van der Waals surface area contributed by atoms with Crippen LogP contribution in [0, 0.1) is 6.92 Å². The molecule has 6 nitrogen and oxygen atoms in total. The lowest BCUT2D eigenvalue weighted by Crippen LogP contribution is -2.52. The van der Waals surface area contributed by atoms with Crippen LogP contribution in [0.2, 0.25) is 0 Å². The molecule has 2 heterocycles. The van der Waals surface area contributed by atoms with Gasteiger partial charge in [0.2, 0.25) is 5.91 Å². The number of hydrogen-bond acceptors (Lipinski definition) is 4. The van der Waals surface area contributed by atoms with Crippen LogP contribution >= 0.6 is 0 Å². The highest BCUT2D eigenvalue weighted by Gasteiger charge is 2.32. The normalized spacial score (nSPS) is 17.1. The summed E-state index contributed by atoms with van der Waals surface area (Å²) >= 11 is 0. The zero-order valence-corrected chi connectivity index (χ0v) is 15.4. The largest absolute Gasteiger partial charge is 0.362 e. The van der Waals surface area contributed by atoms with Crippen molar-refractivity contribution in [3.05, 3.63) is 53.7 Å². The third kappa shape index (κ3) is 3.54. The minimum absolute atomic E-state index is 0.0609. The highest BCUT2D eigenvalue weighted by molar-refractivity contribution is 6.04. The summed E-state index contributed by atoms with van der Waals surface area (Å²) in [4.78, 5) is 33.5. The molecule has 1 aliphatic heterocycles. The molecule has 0 aliphatic carbocycles. The maximum atomic E-state index is 12.9. The molecule has 0 spiro atoms. The van der Waals surface area contributed by atoms with Crippen molar-refractivity contribution < 1.29 is 9.59 Å². The molecule has 1 aliphatic rings. The number of carbonyl (C=O) groups excluding carboxylic acids is 2. The van der Waals surface area contributed by atoms with Crippen LogP contribution in [0.15, 0.2) is 42.6 Å². The third-order valence-electron chi connectivity index (χ3n) is 4.61. The molecular weight excluding hydrogens is 328 g/mol. The van der Waals surface area contributed by atoms with Crippen LogP contribution in [-0.2, 0) is 4.79 Å². The van der Waals surface area contributed by atoms with E-state index in [0.717, 1.165) is 17.7 Å². The number of rotatable bonds is 4. The van der Waals surface area contributed by atoms with E-state index in [2.05, 4.69) is 10.3 Å². The van der Waals surface area contributed by atoms with Gasteiger partial charge in [-0.25, -0.2) is 4.98 Å². The zero-order valence-electron chi connectivity index (χ0n) is 15.4. The number of nitrogens with one attached hydrogen (secondary N) is 1. The van der Waals surface area contributed by atoms with Gasteiger partial charge >= 0.3 is 0 Å². The Morgan fingerprint density at radius 1 is 1.23 bits per heavy atom. The van der Waals surface area contributed by atoms with Crippen LogP contribution in [0.5, 0.6) is 0 Å². The lowest BCUT2D eigenvalue weighted by molar-refractivity contribution is -0.121. The summed E-state index contributed by atoms with van der Waals surface area (Å²) in [7, 11) is 3.68. The number of piperidine rings is 1. The Hall–Kier alpha value is -2.89. The summed E-state index contributed by atoms with van der Waals surface area (Å²) in [6, 6.07) is 10.8. The van der Waals surface area contributed by atoms with Gasteiger partial charge in [-0.3, -0.25) is 9.59 Å². The third-order valence-corrected chi connectivity index (χ3v) is 4.61. The SMILES string of the molecule is Cc1ccccc1N1CCCC(NC(=O)c2cccnc2N(C)C)C1=O. The minimum Gasteiger partial charge on any atom is -0.362 e. The Balaban J connectivity index is 1.79. The van der Waals surface area contributed by atoms with Crippen LogP contribution in [0.1, 0.15) is 28.8 Å². The zero-order chi connectivity index (χ0) is 18.7. The molecule has 1 fully saturated rings. The summed E-state index contributed by atoms with van der Waals surface area (Å²) in [5, 5.41) is 2.90. The van der Waals surface area contributed by atoms with Crippen molar-refractivity contribution >= 4 is 23.3 Å². The molecule has 1 aromatic heterocycles. The molecule has 0 radical (unpaired) electrons. The van der Waals surface area contributed by atoms with E-state index >= 15 is 0 Å². The Morgan fingerprint density at radius 2 is 2.00 bits per heavy atom. The summed E-state index contributed by atoms with van der Waals surface area (Å²) in [5.74, 6) is 0.255. The molecule has 1 aromatic carbocycles. The standard InChI is InChI=1S/C20H24N4O2/c1-14-8-4-5-11-17(14)24-13-7-10-16(20(24)26)22-19(25)15-9-6-12-21-18(15)23(2)3/h4-6,8-9,11-12,16H,7,10,13H2,1-3H3,(H,22,25). The first-order chi connectivity index (χ1) is 12.5. The Bertz CT molecular complexity index is 819. The summed E-state index contributed by atoms with van der Waals surface area (Å²) in [5.41, 5.74) is 2.43. The fraction of sp³-hybridized carbons (Fsp3) is 0.350. The highest BCUT2D eigenvalue weighted by Crippen LogP contribution is 2.25. The van der Waals surface area contributed by atoms with Gasteiger partial charge in [0.25, 0.3) is 5.91 Å². The molecule has 0 bridgehead atoms. The van der Waals surface area contributed by atoms with Gasteiger partial charge in [0, 0.05) is 32.5 Å². The van der Waals surface area contributed by atoms with Crippen molar-refractivity contribution in [2.45, 2.75) is 25.8 Å². The molecule has 2 amide bonds. The summed E-state index contributed by atoms with van der Waals surface area (Å²) in [6.45, 7) is 2.66. The first-order valence-electron chi connectivity index (χ1n) is 8.79. The van der Waals surface area contributed by atoms with Crippen molar-refractivity contribution in [2.24, 2.45) is 0 Å². The van der Waals surface area contributed by atoms with Gasteiger partial charge in [-0.05, 0) is 43.5 Å². The first-order valence-corrected chi connectivity index (χ1v) is 8.79. The van der Waals surface area contributed by atoms with E-state index in [1.807, 2.05) is 45.3 Å². The molecule has 1 saturated heterocycles. The molecule has 136 valence electrons. The Kier molecular flexibility index (Phi) is 5.21. The number of anilines is 2. The number of benzene rings is 1. The number of nitrogens with zero attached hydrogens (tertiary/aromatic N) is 3. The van der Waals surface area contributed by atoms with E-state index in [4.69, 9.17) is 0 Å². The molecule has 2 aromatic rings. The van der Waals surface area contributed by atoms with E-state index in [-0.39, 0.29) is 11.8 Å². The van der Waals surface area contributed by atoms with E-state index in [9.17, 15) is 9.59 Å². The second-order valence-corrected chi connectivity index (χ2v) is 6.71. The predicted molar refractivity (Wildman–Crippen MR) is 103 cm³/mol. The highest BCUT2D eigenvalue weighted by atomic mass is 16.2. The molecule has 0 saturated carbocycles. The smallest absolute Gasteiger partial charge is 0.255 e. The van der Waals surface area contributed by atoms with E-state index in [0.29, 0.717) is 24.3 Å². The second kappa shape index (κ2) is 7.56. The fourth-order valence-corrected chi connectivity index (χ4v) is 3.28. The summed E-state index contributed by atoms with van der Waals surface area (Å²) in [6.07, 6.45) is 3.14. The van der Waals surface area contributed by atoms with Crippen LogP contribution in [0.3, 0.4) is 0 Å². The fourth-order valence-electron chi connectivity index (χ4n) is 3.28. The van der Waals surface area contributed by atoms with Gasteiger partial charge in [-0.15, -0.1) is 0 Å². The number of pyridine rings is 1. The first kappa shape index (κ1) is 17.9. The second-order valence-electron chi connectivity index (χ2n) is 6.71. The number of amides is 2. The lowest BCUT2D eigenvalue weighted by Gasteiger charge is -2.33. The molecule has 3 rings (SSSR count). The van der Waals surface area contributed by atoms with Gasteiger partial charge in [0.15, 0.2) is 0 Å². The van der Waals surface area contributed by atoms with Gasteiger partial charge in [-0.1, -0.05) is 18.2 Å². The topological polar surface area (TPSA) is 65.5 Å². The lowest BCUT2D eigenvalue weighted by atomic mass is 10.0. The molecule has 1 N–H and O–H groups in total. The molecule has 1 atom stereocenters. The number of para-hydroxylation sites is 1. The van der Waals surface area contributed by atoms with Crippen molar-refractivity contribution in [2.75, 3.05) is 30.4 Å². The van der Waals surface area contributed by atoms with Gasteiger partial charge in [0.05, 0.1) is 5.56 Å². The van der Waals surface area contributed by atoms with Crippen LogP contribution < -0.4 is 15.1 Å². The van der Waals surface area contributed by atoms with Gasteiger partial charge < -0.3 is 15.1 Å². The summed E-state index contributed by atoms with van der Waals surface area (Å²) < 4.78 is 0. The van der Waals surface area contributed by atoms with Crippen molar-refractivity contribution in [3.8, 4) is 0 Å². The maximum Gasteiger partial charge on any atom is 0.255 e. The Morgan fingerprint density at radius 3 is 2.73 bits per heavy atom. The average Bonchev–Trinajstić information content (AvgIpc) is 2.64. The molecule has 26 heavy (non-hydrogen) atoms. The number of aryl methyl sites for hydroxylation is 1. The van der Waals surface area contributed by atoms with E-state index < -0.39 is 6.04 Å². The van der Waals surface area contributed by atoms with E-state index in [1.165, 1.54) is 0 Å². The van der Waals surface area contributed by atoms with Gasteiger partial charge in [-0.2, -0.15) is 0 Å². The Labute approximate surface area is 153 Å². The average molecular weight is 352 g/mol. The van der Waals surface area contributed by atoms with Crippen molar-refractivity contribution in [1.29, 1.82) is 0 Å². The van der Waals surface area contributed by atoms with Gasteiger partial charge in [0.1, 0.15) is 11.9 Å². The number of aromatic nitrogens is 1. The van der Waals surface area contributed by atoms with Crippen LogP contribution in [-0.4, -0.2) is 43.5 Å². The molecule has 1 unspecified atom stereocenters. The van der Waals surface area contributed by atoms with Crippen molar-refractivity contribution in [1.82, 2.24) is 10.3 Å². The van der Waals surface area contributed by atoms with Crippen LogP contribution in [0.25, 0.3) is 0 Å². The van der Waals surface area contributed by atoms with Crippen molar-refractivity contribution in [3.63, 3.8) is 0 Å². The van der Waals surface area contributed by atoms with E-state index in [1.54, 1.807) is 28.1 Å². The predicted octanol–water partition coefficient (Wildman–Crippen LogP) is 2.38. The quantitative estimate of drug-likeness (QED) is 0.918. The maximum absolute atomic E-state index is 12.9. The molecule has 6 heteroatoms. The number of hydrogen-bond donors (Lipinski definition) is 1. The van der Waals surface area contributed by atoms with Crippen LogP contribution in [0.4, 0.5) is 11.5 Å². The minimum atomic E-state index is -0.522. The monoisotopic (exact) mass is 352 g/mol.